The number of ether oxygens (including phenoxy) is 1. The van der Waals surface area contributed by atoms with Crippen molar-refractivity contribution in [2.45, 2.75) is 31.9 Å². The van der Waals surface area contributed by atoms with Gasteiger partial charge in [-0.25, -0.2) is 4.98 Å². The van der Waals surface area contributed by atoms with Crippen LogP contribution < -0.4 is 0 Å². The van der Waals surface area contributed by atoms with Crippen molar-refractivity contribution < 1.29 is 14.6 Å². The molecule has 1 aliphatic rings. The number of aliphatic hydroxyl groups is 1. The standard InChI is InChI=1S/C13H21N3O3/c1-13(4-3-9-19-13)12(18)16(7-8-17)10-11-14-5-6-15(11)2/h5-6,17H,3-4,7-10H2,1-2H3/t13-/m1/s1. The van der Waals surface area contributed by atoms with Crippen molar-refractivity contribution in [3.8, 4) is 0 Å². The normalized spacial score (nSPS) is 22.7. The summed E-state index contributed by atoms with van der Waals surface area (Å²) in [7, 11) is 1.89. The lowest BCUT2D eigenvalue weighted by Gasteiger charge is -2.30. The molecule has 2 rings (SSSR count). The van der Waals surface area contributed by atoms with E-state index < -0.39 is 5.60 Å². The van der Waals surface area contributed by atoms with Crippen LogP contribution >= 0.6 is 0 Å². The Morgan fingerprint density at radius 1 is 1.68 bits per heavy atom. The fourth-order valence-corrected chi connectivity index (χ4v) is 2.37. The Bertz CT molecular complexity index is 438. The van der Waals surface area contributed by atoms with Crippen molar-refractivity contribution in [1.29, 1.82) is 0 Å². The molecule has 1 saturated heterocycles. The molecule has 1 atom stereocenters. The number of nitrogens with zero attached hydrogens (tertiary/aromatic N) is 3. The van der Waals surface area contributed by atoms with E-state index in [1.54, 1.807) is 11.1 Å². The second-order valence-corrected chi connectivity index (χ2v) is 5.09. The number of carbonyl (C=O) groups is 1. The summed E-state index contributed by atoms with van der Waals surface area (Å²) in [6, 6.07) is 0. The molecule has 6 nitrogen and oxygen atoms in total. The zero-order chi connectivity index (χ0) is 13.9. The van der Waals surface area contributed by atoms with Crippen LogP contribution in [-0.4, -0.2) is 50.8 Å². The summed E-state index contributed by atoms with van der Waals surface area (Å²) in [5, 5.41) is 9.15. The van der Waals surface area contributed by atoms with Crippen molar-refractivity contribution in [2.75, 3.05) is 19.8 Å². The predicted octanol–water partition coefficient (Wildman–Crippen LogP) is 0.310. The van der Waals surface area contributed by atoms with Crippen LogP contribution in [0.25, 0.3) is 0 Å². The van der Waals surface area contributed by atoms with E-state index in [0.717, 1.165) is 18.7 Å². The van der Waals surface area contributed by atoms with Crippen LogP contribution in [0, 0.1) is 0 Å². The van der Waals surface area contributed by atoms with Gasteiger partial charge < -0.3 is 19.3 Å². The molecule has 1 aromatic heterocycles. The molecule has 0 saturated carbocycles. The van der Waals surface area contributed by atoms with Gasteiger partial charge in [-0.3, -0.25) is 4.79 Å². The van der Waals surface area contributed by atoms with Crippen LogP contribution in [0.15, 0.2) is 12.4 Å². The Morgan fingerprint density at radius 2 is 2.47 bits per heavy atom. The number of imidazole rings is 1. The first-order valence-electron chi connectivity index (χ1n) is 6.57. The zero-order valence-electron chi connectivity index (χ0n) is 11.5. The SMILES string of the molecule is Cn1ccnc1CN(CCO)C(=O)[C@@]1(C)CCCO1. The minimum Gasteiger partial charge on any atom is -0.395 e. The maximum Gasteiger partial charge on any atom is 0.255 e. The third-order valence-corrected chi connectivity index (χ3v) is 3.58. The highest BCUT2D eigenvalue weighted by Crippen LogP contribution is 2.27. The monoisotopic (exact) mass is 267 g/mol. The van der Waals surface area contributed by atoms with Gasteiger partial charge in [0, 0.05) is 32.6 Å². The third kappa shape index (κ3) is 2.96. The number of carbonyl (C=O) groups excluding carboxylic acids is 1. The molecule has 1 fully saturated rings. The molecule has 0 bridgehead atoms. The molecule has 1 aromatic rings. The number of hydrogen-bond acceptors (Lipinski definition) is 4. The van der Waals surface area contributed by atoms with Crippen LogP contribution in [0.1, 0.15) is 25.6 Å². The van der Waals surface area contributed by atoms with Crippen molar-refractivity contribution in [3.63, 3.8) is 0 Å². The first kappa shape index (κ1) is 14.0. The van der Waals surface area contributed by atoms with E-state index in [0.29, 0.717) is 19.7 Å². The van der Waals surface area contributed by atoms with E-state index in [-0.39, 0.29) is 12.5 Å². The molecule has 0 unspecified atom stereocenters. The lowest BCUT2D eigenvalue weighted by molar-refractivity contribution is -0.152. The molecule has 1 amide bonds. The quantitative estimate of drug-likeness (QED) is 0.833. The Balaban J connectivity index is 2.11. The van der Waals surface area contributed by atoms with Gasteiger partial charge in [0.2, 0.25) is 0 Å². The summed E-state index contributed by atoms with van der Waals surface area (Å²) in [5.74, 6) is 0.727. The van der Waals surface area contributed by atoms with Gasteiger partial charge in [0.15, 0.2) is 0 Å². The second-order valence-electron chi connectivity index (χ2n) is 5.09. The third-order valence-electron chi connectivity index (χ3n) is 3.58. The average Bonchev–Trinajstić information content (AvgIpc) is 2.99. The molecule has 6 heteroatoms. The van der Waals surface area contributed by atoms with Crippen LogP contribution in [-0.2, 0) is 23.1 Å². The zero-order valence-corrected chi connectivity index (χ0v) is 11.5. The molecule has 0 radical (unpaired) electrons. The minimum atomic E-state index is -0.750. The molecule has 0 spiro atoms. The van der Waals surface area contributed by atoms with Gasteiger partial charge >= 0.3 is 0 Å². The Hall–Kier alpha value is -1.40. The lowest BCUT2D eigenvalue weighted by atomic mass is 10.0. The number of hydrogen-bond donors (Lipinski definition) is 1. The van der Waals surface area contributed by atoms with Crippen LogP contribution in [0.3, 0.4) is 0 Å². The van der Waals surface area contributed by atoms with Gasteiger partial charge in [-0.15, -0.1) is 0 Å². The van der Waals surface area contributed by atoms with Crippen molar-refractivity contribution in [3.05, 3.63) is 18.2 Å². The highest BCUT2D eigenvalue weighted by atomic mass is 16.5. The van der Waals surface area contributed by atoms with Crippen LogP contribution in [0.2, 0.25) is 0 Å². The fourth-order valence-electron chi connectivity index (χ4n) is 2.37. The summed E-state index contributed by atoms with van der Waals surface area (Å²) < 4.78 is 7.45. The van der Waals surface area contributed by atoms with Gasteiger partial charge in [-0.1, -0.05) is 0 Å². The number of aryl methyl sites for hydroxylation is 1. The van der Waals surface area contributed by atoms with Crippen LogP contribution in [0.5, 0.6) is 0 Å². The van der Waals surface area contributed by atoms with Gasteiger partial charge in [0.25, 0.3) is 5.91 Å². The molecule has 19 heavy (non-hydrogen) atoms. The van der Waals surface area contributed by atoms with Gasteiger partial charge in [-0.2, -0.15) is 0 Å². The first-order chi connectivity index (χ1) is 9.07. The van der Waals surface area contributed by atoms with E-state index in [4.69, 9.17) is 9.84 Å². The number of amides is 1. The topological polar surface area (TPSA) is 67.6 Å². The van der Waals surface area contributed by atoms with E-state index >= 15 is 0 Å². The highest BCUT2D eigenvalue weighted by molar-refractivity contribution is 5.85. The number of rotatable bonds is 5. The molecule has 1 N–H and O–H groups in total. The smallest absolute Gasteiger partial charge is 0.255 e. The molecule has 1 aliphatic heterocycles. The van der Waals surface area contributed by atoms with E-state index in [9.17, 15) is 4.79 Å². The van der Waals surface area contributed by atoms with Gasteiger partial charge in [0.1, 0.15) is 11.4 Å². The minimum absolute atomic E-state index is 0.0633. The summed E-state index contributed by atoms with van der Waals surface area (Å²) in [6.45, 7) is 3.07. The van der Waals surface area contributed by atoms with E-state index in [1.165, 1.54) is 0 Å². The molecule has 0 aromatic carbocycles. The molecular formula is C13H21N3O3. The van der Waals surface area contributed by atoms with Gasteiger partial charge in [0.05, 0.1) is 13.2 Å². The van der Waals surface area contributed by atoms with Crippen LogP contribution in [0.4, 0.5) is 0 Å². The molecule has 106 valence electrons. The largest absolute Gasteiger partial charge is 0.395 e. The fraction of sp³-hybridized carbons (Fsp3) is 0.692. The van der Waals surface area contributed by atoms with E-state index in [1.807, 2.05) is 24.7 Å². The summed E-state index contributed by atoms with van der Waals surface area (Å²) in [5.41, 5.74) is -0.750. The average molecular weight is 267 g/mol. The van der Waals surface area contributed by atoms with Crippen molar-refractivity contribution in [2.24, 2.45) is 7.05 Å². The van der Waals surface area contributed by atoms with Crippen molar-refractivity contribution >= 4 is 5.91 Å². The second kappa shape index (κ2) is 5.71. The van der Waals surface area contributed by atoms with Gasteiger partial charge in [-0.05, 0) is 19.8 Å². The summed E-state index contributed by atoms with van der Waals surface area (Å²) in [4.78, 5) is 18.4. The Kier molecular flexibility index (Phi) is 4.21. The Morgan fingerprint density at radius 3 is 3.00 bits per heavy atom. The number of aromatic nitrogens is 2. The molecular weight excluding hydrogens is 246 g/mol. The first-order valence-corrected chi connectivity index (χ1v) is 6.57. The molecule has 0 aliphatic carbocycles. The van der Waals surface area contributed by atoms with Crippen molar-refractivity contribution in [1.82, 2.24) is 14.5 Å². The highest BCUT2D eigenvalue weighted by Gasteiger charge is 2.40. The predicted molar refractivity (Wildman–Crippen MR) is 69.3 cm³/mol. The van der Waals surface area contributed by atoms with E-state index in [2.05, 4.69) is 4.98 Å². The molecule has 2 heterocycles. The summed E-state index contributed by atoms with van der Waals surface area (Å²) >= 11 is 0. The Labute approximate surface area is 113 Å². The number of aliphatic hydroxyl groups excluding tert-OH is 1. The lowest BCUT2D eigenvalue weighted by Crippen LogP contribution is -2.47. The maximum atomic E-state index is 12.5. The summed E-state index contributed by atoms with van der Waals surface area (Å²) in [6.07, 6.45) is 5.17. The maximum absolute atomic E-state index is 12.5.